The van der Waals surface area contributed by atoms with Crippen LogP contribution >= 0.6 is 0 Å². The topological polar surface area (TPSA) is 128 Å². The summed E-state index contributed by atoms with van der Waals surface area (Å²) in [6, 6.07) is 9.04. The van der Waals surface area contributed by atoms with Gasteiger partial charge in [-0.3, -0.25) is 9.59 Å². The van der Waals surface area contributed by atoms with E-state index in [-0.39, 0.29) is 30.5 Å². The van der Waals surface area contributed by atoms with Crippen LogP contribution in [0.5, 0.6) is 11.5 Å². The van der Waals surface area contributed by atoms with Crippen LogP contribution in [0.1, 0.15) is 77.1 Å². The molecule has 39 heavy (non-hydrogen) atoms. The molecule has 0 aliphatic heterocycles. The lowest BCUT2D eigenvalue weighted by Crippen LogP contribution is -2.54. The van der Waals surface area contributed by atoms with Gasteiger partial charge in [-0.05, 0) is 71.2 Å². The van der Waals surface area contributed by atoms with Crippen molar-refractivity contribution in [3.63, 3.8) is 0 Å². The number of carbonyl (C=O) groups excluding carboxylic acids is 3. The van der Waals surface area contributed by atoms with Gasteiger partial charge in [-0.1, -0.05) is 43.7 Å². The average molecular weight is 542 g/mol. The quantitative estimate of drug-likeness (QED) is 0.325. The molecule has 2 aromatic carbocycles. The minimum atomic E-state index is -1.13. The summed E-state index contributed by atoms with van der Waals surface area (Å²) in [5.41, 5.74) is 0.774. The van der Waals surface area contributed by atoms with Crippen LogP contribution in [-0.4, -0.2) is 57.3 Å². The molecule has 0 aliphatic carbocycles. The van der Waals surface area contributed by atoms with Crippen LogP contribution < -0.4 is 10.6 Å². The Hall–Kier alpha value is -3.75. The third-order valence-corrected chi connectivity index (χ3v) is 6.22. The van der Waals surface area contributed by atoms with Crippen LogP contribution in [0.25, 0.3) is 0 Å². The molecule has 0 saturated carbocycles. The van der Waals surface area contributed by atoms with Crippen molar-refractivity contribution in [3.8, 4) is 11.5 Å². The largest absolute Gasteiger partial charge is 0.508 e. The Kier molecular flexibility index (Phi) is 11.2. The molecule has 2 aromatic rings. The number of alkyl carbamates (subject to hydrolysis) is 1. The van der Waals surface area contributed by atoms with Crippen molar-refractivity contribution >= 4 is 17.9 Å². The summed E-state index contributed by atoms with van der Waals surface area (Å²) in [5, 5.41) is 26.3. The highest BCUT2D eigenvalue weighted by atomic mass is 16.6. The number of hydrogen-bond acceptors (Lipinski definition) is 6. The molecule has 0 aliphatic rings. The number of nitrogens with one attached hydrogen (secondary N) is 2. The van der Waals surface area contributed by atoms with Crippen molar-refractivity contribution < 1.29 is 29.3 Å². The lowest BCUT2D eigenvalue weighted by molar-refractivity contribution is -0.142. The Morgan fingerprint density at radius 3 is 2.21 bits per heavy atom. The number of aryl methyl sites for hydroxylation is 1. The van der Waals surface area contributed by atoms with Gasteiger partial charge in [-0.25, -0.2) is 4.79 Å². The van der Waals surface area contributed by atoms with Gasteiger partial charge in [-0.15, -0.1) is 0 Å². The van der Waals surface area contributed by atoms with Crippen LogP contribution in [-0.2, 0) is 20.7 Å². The molecule has 214 valence electrons. The number of phenols is 2. The number of likely N-dealkylation sites (N-methyl/N-ethyl adjacent to an activating group) is 1. The van der Waals surface area contributed by atoms with Gasteiger partial charge in [0.2, 0.25) is 11.8 Å². The highest BCUT2D eigenvalue weighted by molar-refractivity contribution is 5.92. The van der Waals surface area contributed by atoms with Gasteiger partial charge in [0.1, 0.15) is 29.2 Å². The third kappa shape index (κ3) is 9.19. The fourth-order valence-electron chi connectivity index (χ4n) is 4.36. The van der Waals surface area contributed by atoms with Gasteiger partial charge in [-0.2, -0.15) is 0 Å². The number of aromatic hydroxyl groups is 2. The first kappa shape index (κ1) is 31.5. The van der Waals surface area contributed by atoms with Crippen molar-refractivity contribution in [2.45, 2.75) is 91.5 Å². The van der Waals surface area contributed by atoms with E-state index in [1.807, 2.05) is 13.8 Å². The van der Waals surface area contributed by atoms with Gasteiger partial charge in [0.05, 0.1) is 0 Å². The first-order valence-corrected chi connectivity index (χ1v) is 13.4. The van der Waals surface area contributed by atoms with Crippen molar-refractivity contribution in [2.75, 3.05) is 6.54 Å². The van der Waals surface area contributed by atoms with Crippen LogP contribution in [0.3, 0.4) is 0 Å². The van der Waals surface area contributed by atoms with E-state index in [4.69, 9.17) is 4.74 Å². The van der Waals surface area contributed by atoms with Crippen molar-refractivity contribution in [2.24, 2.45) is 0 Å². The lowest BCUT2D eigenvalue weighted by Gasteiger charge is -2.34. The summed E-state index contributed by atoms with van der Waals surface area (Å²) in [4.78, 5) is 41.9. The summed E-state index contributed by atoms with van der Waals surface area (Å²) in [5.74, 6) is -0.930. The maximum Gasteiger partial charge on any atom is 0.408 e. The molecule has 3 unspecified atom stereocenters. The number of para-hydroxylation sites is 1. The molecule has 0 fully saturated rings. The smallest absolute Gasteiger partial charge is 0.408 e. The number of carbonyl (C=O) groups is 3. The Bertz CT molecular complexity index is 1130. The van der Waals surface area contributed by atoms with E-state index in [1.54, 1.807) is 65.0 Å². The number of nitrogens with zero attached hydrogens (tertiary/aromatic N) is 1. The number of ether oxygens (including phenoxy) is 1. The van der Waals surface area contributed by atoms with Gasteiger partial charge < -0.3 is 30.5 Å². The Morgan fingerprint density at radius 2 is 1.64 bits per heavy atom. The zero-order valence-electron chi connectivity index (χ0n) is 24.1. The molecular weight excluding hydrogens is 498 g/mol. The number of phenolic OH excluding ortho intramolecular Hbond substituents is 2. The normalized spacial score (nSPS) is 13.6. The first-order valence-electron chi connectivity index (χ1n) is 13.4. The molecule has 0 bridgehead atoms. The van der Waals surface area contributed by atoms with E-state index in [2.05, 4.69) is 10.6 Å². The zero-order valence-corrected chi connectivity index (χ0v) is 24.1. The molecule has 0 saturated heterocycles. The molecule has 4 N–H and O–H groups in total. The second-order valence-corrected chi connectivity index (χ2v) is 10.8. The van der Waals surface area contributed by atoms with E-state index < -0.39 is 35.6 Å². The lowest BCUT2D eigenvalue weighted by atomic mass is 9.97. The standard InChI is InChI=1S/C30H43N3O6/c1-8-11-20(4)31-27(36)25(23-13-10-12-19(3)26(23)35)33(9-2)28(37)24(32-29(38)39-30(5,6)7)18-21-14-16-22(34)17-15-21/h10,12-17,20,24-25,34-35H,8-9,11,18H2,1-7H3,(H,31,36)(H,32,38). The number of amides is 3. The van der Waals surface area contributed by atoms with E-state index in [0.717, 1.165) is 12.8 Å². The molecule has 0 heterocycles. The van der Waals surface area contributed by atoms with E-state index >= 15 is 0 Å². The van der Waals surface area contributed by atoms with Gasteiger partial charge in [0, 0.05) is 24.6 Å². The van der Waals surface area contributed by atoms with Crippen molar-refractivity contribution in [1.82, 2.24) is 15.5 Å². The van der Waals surface area contributed by atoms with Crippen LogP contribution in [0.4, 0.5) is 4.79 Å². The molecule has 9 heteroatoms. The van der Waals surface area contributed by atoms with Gasteiger partial charge >= 0.3 is 6.09 Å². The van der Waals surface area contributed by atoms with Crippen molar-refractivity contribution in [3.05, 3.63) is 59.2 Å². The second kappa shape index (κ2) is 13.9. The monoisotopic (exact) mass is 541 g/mol. The summed E-state index contributed by atoms with van der Waals surface area (Å²) in [6.07, 6.45) is 0.941. The number of benzene rings is 2. The summed E-state index contributed by atoms with van der Waals surface area (Å²) in [6.45, 7) is 12.7. The minimum absolute atomic E-state index is 0.0674. The van der Waals surface area contributed by atoms with E-state index in [1.165, 1.54) is 17.0 Å². The molecule has 3 amide bonds. The predicted octanol–water partition coefficient (Wildman–Crippen LogP) is 4.74. The van der Waals surface area contributed by atoms with Crippen LogP contribution in [0, 0.1) is 6.92 Å². The second-order valence-electron chi connectivity index (χ2n) is 10.8. The predicted molar refractivity (Wildman–Crippen MR) is 150 cm³/mol. The molecule has 3 atom stereocenters. The number of hydrogen-bond donors (Lipinski definition) is 4. The molecule has 0 spiro atoms. The SMILES string of the molecule is CCCC(C)NC(=O)C(c1cccc(C)c1O)N(CC)C(=O)C(Cc1ccc(O)cc1)NC(=O)OC(C)(C)C. The Labute approximate surface area is 231 Å². The maximum atomic E-state index is 14.1. The highest BCUT2D eigenvalue weighted by Gasteiger charge is 2.37. The Morgan fingerprint density at radius 1 is 1.00 bits per heavy atom. The molecule has 2 rings (SSSR count). The first-order chi connectivity index (χ1) is 18.3. The summed E-state index contributed by atoms with van der Waals surface area (Å²) < 4.78 is 5.42. The minimum Gasteiger partial charge on any atom is -0.508 e. The van der Waals surface area contributed by atoms with Crippen LogP contribution in [0.15, 0.2) is 42.5 Å². The summed E-state index contributed by atoms with van der Waals surface area (Å²) >= 11 is 0. The maximum absolute atomic E-state index is 14.1. The van der Waals surface area contributed by atoms with Gasteiger partial charge in [0.25, 0.3) is 0 Å². The fourth-order valence-corrected chi connectivity index (χ4v) is 4.36. The molecule has 0 radical (unpaired) electrons. The van der Waals surface area contributed by atoms with E-state index in [0.29, 0.717) is 16.7 Å². The Balaban J connectivity index is 2.53. The van der Waals surface area contributed by atoms with Crippen molar-refractivity contribution in [1.29, 1.82) is 0 Å². The molecule has 0 aromatic heterocycles. The average Bonchev–Trinajstić information content (AvgIpc) is 2.84. The third-order valence-electron chi connectivity index (χ3n) is 6.22. The zero-order chi connectivity index (χ0) is 29.3. The van der Waals surface area contributed by atoms with Crippen LogP contribution in [0.2, 0.25) is 0 Å². The fraction of sp³-hybridized carbons (Fsp3) is 0.500. The summed E-state index contributed by atoms with van der Waals surface area (Å²) in [7, 11) is 0. The molecular formula is C30H43N3O6. The highest BCUT2D eigenvalue weighted by Crippen LogP contribution is 2.32. The van der Waals surface area contributed by atoms with E-state index in [9.17, 15) is 24.6 Å². The van der Waals surface area contributed by atoms with Gasteiger partial charge in [0.15, 0.2) is 0 Å². The number of rotatable bonds is 11. The molecule has 9 nitrogen and oxygen atoms in total.